The predicted molar refractivity (Wildman–Crippen MR) is 106 cm³/mol. The van der Waals surface area contributed by atoms with Crippen molar-refractivity contribution in [1.29, 1.82) is 0 Å². The van der Waals surface area contributed by atoms with Crippen molar-refractivity contribution >= 4 is 11.8 Å². The van der Waals surface area contributed by atoms with Crippen LogP contribution in [0.1, 0.15) is 37.4 Å². The van der Waals surface area contributed by atoms with Crippen molar-refractivity contribution in [3.05, 3.63) is 107 Å². The summed E-state index contributed by atoms with van der Waals surface area (Å²) in [7, 11) is 0. The molecule has 136 valence electrons. The molecule has 0 radical (unpaired) electrons. The number of amides is 2. The van der Waals surface area contributed by atoms with E-state index in [4.69, 9.17) is 0 Å². The molecule has 0 saturated heterocycles. The number of hydrogen-bond donors (Lipinski definition) is 2. The molecule has 0 spiro atoms. The third-order valence-corrected chi connectivity index (χ3v) is 4.24. The number of aryl methyl sites for hydroxylation is 1. The zero-order chi connectivity index (χ0) is 19.1. The Kier molecular flexibility index (Phi) is 6.00. The quantitative estimate of drug-likeness (QED) is 0.703. The lowest BCUT2D eigenvalue weighted by Crippen LogP contribution is -2.24. The Morgan fingerprint density at radius 1 is 0.667 bits per heavy atom. The first kappa shape index (κ1) is 18.4. The van der Waals surface area contributed by atoms with E-state index in [1.807, 2.05) is 61.5 Å². The fourth-order valence-electron chi connectivity index (χ4n) is 2.76. The monoisotopic (exact) mass is 358 g/mol. The van der Waals surface area contributed by atoms with Crippen LogP contribution in [0.2, 0.25) is 0 Å². The van der Waals surface area contributed by atoms with Gasteiger partial charge >= 0.3 is 0 Å². The maximum Gasteiger partial charge on any atom is 0.251 e. The zero-order valence-corrected chi connectivity index (χ0v) is 15.2. The van der Waals surface area contributed by atoms with Crippen LogP contribution in [0.5, 0.6) is 0 Å². The SMILES string of the molecule is Cc1cccc(CNC(=O)c2ccc(C(=O)NCc3ccccc3)cc2)c1. The standard InChI is InChI=1S/C23H22N2O2/c1-17-6-5-9-19(14-17)16-25-23(27)21-12-10-20(11-13-21)22(26)24-15-18-7-3-2-4-8-18/h2-14H,15-16H2,1H3,(H,24,26)(H,25,27). The van der Waals surface area contributed by atoms with Crippen molar-refractivity contribution in [3.63, 3.8) is 0 Å². The van der Waals surface area contributed by atoms with Crippen molar-refractivity contribution < 1.29 is 9.59 Å². The highest BCUT2D eigenvalue weighted by Gasteiger charge is 2.09. The maximum atomic E-state index is 12.3. The van der Waals surface area contributed by atoms with Crippen LogP contribution in [-0.4, -0.2) is 11.8 Å². The number of hydrogen-bond acceptors (Lipinski definition) is 2. The van der Waals surface area contributed by atoms with Gasteiger partial charge in [0.05, 0.1) is 0 Å². The van der Waals surface area contributed by atoms with E-state index in [0.29, 0.717) is 24.2 Å². The molecule has 0 fully saturated rings. The second-order valence-electron chi connectivity index (χ2n) is 6.42. The topological polar surface area (TPSA) is 58.2 Å². The third kappa shape index (κ3) is 5.28. The first-order chi connectivity index (χ1) is 13.1. The van der Waals surface area contributed by atoms with Gasteiger partial charge in [0.2, 0.25) is 0 Å². The molecular weight excluding hydrogens is 336 g/mol. The van der Waals surface area contributed by atoms with Gasteiger partial charge in [0.25, 0.3) is 11.8 Å². The van der Waals surface area contributed by atoms with Crippen molar-refractivity contribution in [1.82, 2.24) is 10.6 Å². The van der Waals surface area contributed by atoms with E-state index in [9.17, 15) is 9.59 Å². The largest absolute Gasteiger partial charge is 0.348 e. The van der Waals surface area contributed by atoms with Gasteiger partial charge in [-0.15, -0.1) is 0 Å². The van der Waals surface area contributed by atoms with E-state index in [1.54, 1.807) is 24.3 Å². The van der Waals surface area contributed by atoms with Gasteiger partial charge < -0.3 is 10.6 Å². The Hall–Kier alpha value is -3.40. The minimum atomic E-state index is -0.162. The Labute approximate surface area is 159 Å². The lowest BCUT2D eigenvalue weighted by molar-refractivity contribution is 0.0939. The maximum absolute atomic E-state index is 12.3. The highest BCUT2D eigenvalue weighted by Crippen LogP contribution is 2.07. The van der Waals surface area contributed by atoms with Crippen molar-refractivity contribution in [2.24, 2.45) is 0 Å². The summed E-state index contributed by atoms with van der Waals surface area (Å²) in [5.74, 6) is -0.321. The van der Waals surface area contributed by atoms with Crippen molar-refractivity contribution in [3.8, 4) is 0 Å². The summed E-state index contributed by atoms with van der Waals surface area (Å²) in [6.45, 7) is 2.96. The number of nitrogens with one attached hydrogen (secondary N) is 2. The number of carbonyl (C=O) groups is 2. The Bertz CT molecular complexity index is 919. The van der Waals surface area contributed by atoms with Gasteiger partial charge in [0.1, 0.15) is 0 Å². The molecule has 0 aromatic heterocycles. The summed E-state index contributed by atoms with van der Waals surface area (Å²) in [5.41, 5.74) is 4.31. The molecule has 0 bridgehead atoms. The zero-order valence-electron chi connectivity index (χ0n) is 15.2. The van der Waals surface area contributed by atoms with Gasteiger partial charge in [-0.2, -0.15) is 0 Å². The Balaban J connectivity index is 1.54. The van der Waals surface area contributed by atoms with Gasteiger partial charge in [-0.05, 0) is 42.3 Å². The third-order valence-electron chi connectivity index (χ3n) is 4.24. The molecule has 0 unspecified atom stereocenters. The van der Waals surface area contributed by atoms with E-state index in [0.717, 1.165) is 16.7 Å². The molecule has 0 saturated carbocycles. The van der Waals surface area contributed by atoms with E-state index in [-0.39, 0.29) is 11.8 Å². The van der Waals surface area contributed by atoms with E-state index < -0.39 is 0 Å². The first-order valence-electron chi connectivity index (χ1n) is 8.88. The molecule has 0 aliphatic heterocycles. The van der Waals surface area contributed by atoms with Crippen LogP contribution >= 0.6 is 0 Å². The van der Waals surface area contributed by atoms with Gasteiger partial charge in [0.15, 0.2) is 0 Å². The molecule has 0 aliphatic carbocycles. The van der Waals surface area contributed by atoms with Crippen LogP contribution in [0.3, 0.4) is 0 Å². The Morgan fingerprint density at radius 2 is 1.19 bits per heavy atom. The lowest BCUT2D eigenvalue weighted by Gasteiger charge is -2.08. The molecule has 3 rings (SSSR count). The van der Waals surface area contributed by atoms with Crippen LogP contribution in [0.15, 0.2) is 78.9 Å². The molecule has 3 aromatic carbocycles. The molecule has 4 heteroatoms. The lowest BCUT2D eigenvalue weighted by atomic mass is 10.1. The minimum Gasteiger partial charge on any atom is -0.348 e. The van der Waals surface area contributed by atoms with Crippen molar-refractivity contribution in [2.45, 2.75) is 20.0 Å². The van der Waals surface area contributed by atoms with E-state index in [2.05, 4.69) is 10.6 Å². The number of benzene rings is 3. The molecule has 0 atom stereocenters. The first-order valence-corrected chi connectivity index (χ1v) is 8.88. The van der Waals surface area contributed by atoms with Crippen LogP contribution in [0.25, 0.3) is 0 Å². The van der Waals surface area contributed by atoms with E-state index in [1.165, 1.54) is 0 Å². The number of rotatable bonds is 6. The number of carbonyl (C=O) groups excluding carboxylic acids is 2. The van der Waals surface area contributed by atoms with Crippen LogP contribution in [0, 0.1) is 6.92 Å². The molecule has 2 N–H and O–H groups in total. The molecule has 27 heavy (non-hydrogen) atoms. The molecule has 4 nitrogen and oxygen atoms in total. The fraction of sp³-hybridized carbons (Fsp3) is 0.130. The summed E-state index contributed by atoms with van der Waals surface area (Å²) in [5, 5.41) is 5.77. The highest BCUT2D eigenvalue weighted by molar-refractivity contribution is 5.97. The average molecular weight is 358 g/mol. The summed E-state index contributed by atoms with van der Waals surface area (Å²) < 4.78 is 0. The highest BCUT2D eigenvalue weighted by atomic mass is 16.2. The summed E-state index contributed by atoms with van der Waals surface area (Å²) in [4.78, 5) is 24.5. The van der Waals surface area contributed by atoms with Gasteiger partial charge in [-0.1, -0.05) is 60.2 Å². The predicted octanol–water partition coefficient (Wildman–Crippen LogP) is 3.86. The van der Waals surface area contributed by atoms with Crippen molar-refractivity contribution in [2.75, 3.05) is 0 Å². The summed E-state index contributed by atoms with van der Waals surface area (Å²) in [6, 6.07) is 24.4. The Morgan fingerprint density at radius 3 is 1.74 bits per heavy atom. The second-order valence-corrected chi connectivity index (χ2v) is 6.42. The molecule has 2 amide bonds. The molecule has 3 aromatic rings. The summed E-state index contributed by atoms with van der Waals surface area (Å²) in [6.07, 6.45) is 0. The van der Waals surface area contributed by atoms with Crippen LogP contribution < -0.4 is 10.6 Å². The molecule has 0 aliphatic rings. The second kappa shape index (κ2) is 8.81. The van der Waals surface area contributed by atoms with Gasteiger partial charge in [-0.25, -0.2) is 0 Å². The summed E-state index contributed by atoms with van der Waals surface area (Å²) >= 11 is 0. The molecule has 0 heterocycles. The fourth-order valence-corrected chi connectivity index (χ4v) is 2.76. The van der Waals surface area contributed by atoms with Gasteiger partial charge in [0, 0.05) is 24.2 Å². The normalized spacial score (nSPS) is 10.3. The van der Waals surface area contributed by atoms with Gasteiger partial charge in [-0.3, -0.25) is 9.59 Å². The average Bonchev–Trinajstić information content (AvgIpc) is 2.71. The minimum absolute atomic E-state index is 0.159. The van der Waals surface area contributed by atoms with E-state index >= 15 is 0 Å². The van der Waals surface area contributed by atoms with Crippen LogP contribution in [0.4, 0.5) is 0 Å². The smallest absolute Gasteiger partial charge is 0.251 e. The molecular formula is C23H22N2O2. The van der Waals surface area contributed by atoms with Crippen LogP contribution in [-0.2, 0) is 13.1 Å².